The normalized spacial score (nSPS) is 13.9. The molecular weight excluding hydrogens is 532 g/mol. The van der Waals surface area contributed by atoms with Crippen LogP contribution < -0.4 is 19.8 Å². The van der Waals surface area contributed by atoms with Gasteiger partial charge >= 0.3 is 0 Å². The molecule has 7 nitrogen and oxygen atoms in total. The minimum atomic E-state index is -0.267. The van der Waals surface area contributed by atoms with Crippen molar-refractivity contribution in [2.45, 2.75) is 6.54 Å². The van der Waals surface area contributed by atoms with Gasteiger partial charge in [0.25, 0.3) is 5.91 Å². The monoisotopic (exact) mass is 562 g/mol. The summed E-state index contributed by atoms with van der Waals surface area (Å²) in [6.07, 6.45) is 3.22. The van der Waals surface area contributed by atoms with Gasteiger partial charge in [-0.15, -0.1) is 0 Å². The molecule has 0 aliphatic carbocycles. The van der Waals surface area contributed by atoms with Crippen molar-refractivity contribution in [1.82, 2.24) is 10.3 Å². The minimum absolute atomic E-state index is 0.267. The van der Waals surface area contributed by atoms with Crippen LogP contribution in [0.4, 0.5) is 5.69 Å². The molecule has 1 saturated heterocycles. The maximum Gasteiger partial charge on any atom is 0.271 e. The summed E-state index contributed by atoms with van der Waals surface area (Å²) >= 11 is 3.49. The van der Waals surface area contributed by atoms with Gasteiger partial charge in [0.1, 0.15) is 6.61 Å². The zero-order valence-electron chi connectivity index (χ0n) is 20.9. The van der Waals surface area contributed by atoms with Crippen LogP contribution in [0.2, 0.25) is 0 Å². The fourth-order valence-electron chi connectivity index (χ4n) is 4.15. The maximum absolute atomic E-state index is 12.6. The number of piperazine rings is 1. The number of hydrazone groups is 1. The molecule has 0 aromatic heterocycles. The van der Waals surface area contributed by atoms with Crippen molar-refractivity contribution in [1.29, 1.82) is 0 Å². The lowest BCUT2D eigenvalue weighted by Crippen LogP contribution is -2.45. The van der Waals surface area contributed by atoms with Crippen LogP contribution in [0, 0.1) is 0 Å². The lowest BCUT2D eigenvalue weighted by atomic mass is 10.1. The molecule has 37 heavy (non-hydrogen) atoms. The van der Waals surface area contributed by atoms with E-state index in [4.69, 9.17) is 9.47 Å². The number of benzene rings is 3. The predicted octanol–water partition coefficient (Wildman–Crippen LogP) is 5.11. The molecule has 3 aromatic carbocycles. The Morgan fingerprint density at radius 1 is 1.08 bits per heavy atom. The molecule has 1 N–H and O–H groups in total. The first kappa shape index (κ1) is 26.4. The average Bonchev–Trinajstić information content (AvgIpc) is 2.93. The first-order valence-electron chi connectivity index (χ1n) is 12.1. The SMILES string of the molecule is C=CCOc1c(Br)cc(/C=N\NC(=O)c2ccc(CN3CCN(c4ccccc4)CC3)cc2)cc1OC. The highest BCUT2D eigenvalue weighted by Gasteiger charge is 2.17. The lowest BCUT2D eigenvalue weighted by Gasteiger charge is -2.36. The molecule has 0 saturated carbocycles. The van der Waals surface area contributed by atoms with Crippen LogP contribution in [0.5, 0.6) is 11.5 Å². The number of para-hydroxylation sites is 1. The molecule has 8 heteroatoms. The number of nitrogens with zero attached hydrogens (tertiary/aromatic N) is 3. The third kappa shape index (κ3) is 7.21. The van der Waals surface area contributed by atoms with E-state index in [1.54, 1.807) is 25.5 Å². The summed E-state index contributed by atoms with van der Waals surface area (Å²) in [5, 5.41) is 4.10. The van der Waals surface area contributed by atoms with Crippen LogP contribution in [0.3, 0.4) is 0 Å². The van der Waals surface area contributed by atoms with Gasteiger partial charge in [-0.2, -0.15) is 5.10 Å². The van der Waals surface area contributed by atoms with Crippen LogP contribution in [-0.4, -0.2) is 56.9 Å². The molecule has 1 aliphatic heterocycles. The highest BCUT2D eigenvalue weighted by Crippen LogP contribution is 2.36. The number of hydrogen-bond acceptors (Lipinski definition) is 6. The van der Waals surface area contributed by atoms with Gasteiger partial charge in [0.05, 0.1) is 17.8 Å². The van der Waals surface area contributed by atoms with Gasteiger partial charge < -0.3 is 14.4 Å². The molecule has 3 aromatic rings. The summed E-state index contributed by atoms with van der Waals surface area (Å²) in [7, 11) is 1.57. The number of ether oxygens (including phenoxy) is 2. The number of carbonyl (C=O) groups is 1. The van der Waals surface area contributed by atoms with E-state index in [9.17, 15) is 4.79 Å². The van der Waals surface area contributed by atoms with Gasteiger partial charge in [-0.05, 0) is 63.5 Å². The Balaban J connectivity index is 1.28. The Morgan fingerprint density at radius 2 is 1.81 bits per heavy atom. The highest BCUT2D eigenvalue weighted by molar-refractivity contribution is 9.10. The number of nitrogens with one attached hydrogen (secondary N) is 1. The Kier molecular flexibility index (Phi) is 9.35. The Morgan fingerprint density at radius 3 is 2.49 bits per heavy atom. The van der Waals surface area contributed by atoms with E-state index in [0.717, 1.165) is 42.8 Å². The van der Waals surface area contributed by atoms with Crippen LogP contribution in [0.25, 0.3) is 0 Å². The topological polar surface area (TPSA) is 66.4 Å². The molecule has 1 aliphatic rings. The number of hydrogen-bond donors (Lipinski definition) is 1. The number of amides is 1. The van der Waals surface area contributed by atoms with Crippen LogP contribution >= 0.6 is 15.9 Å². The van der Waals surface area contributed by atoms with E-state index in [1.165, 1.54) is 11.3 Å². The van der Waals surface area contributed by atoms with Crippen LogP contribution in [0.1, 0.15) is 21.5 Å². The van der Waals surface area contributed by atoms with Crippen molar-refractivity contribution in [2.75, 3.05) is 44.8 Å². The summed E-state index contributed by atoms with van der Waals surface area (Å²) in [6.45, 7) is 8.92. The standard InChI is InChI=1S/C29H31BrN4O3/c1-3-17-37-28-26(30)18-23(19-27(28)36-2)20-31-32-29(35)24-11-9-22(10-12-24)21-33-13-15-34(16-14-33)25-7-5-4-6-8-25/h3-12,18-20H,1,13-17,21H2,2H3,(H,32,35)/b31-20-. The average molecular weight is 563 g/mol. The maximum atomic E-state index is 12.6. The van der Waals surface area contributed by atoms with Gasteiger partial charge in [-0.1, -0.05) is 43.0 Å². The third-order valence-corrected chi connectivity index (χ3v) is 6.68. The van der Waals surface area contributed by atoms with Gasteiger partial charge in [-0.3, -0.25) is 9.69 Å². The summed E-state index contributed by atoms with van der Waals surface area (Å²) in [5.74, 6) is 0.874. The molecule has 0 atom stereocenters. The van der Waals surface area contributed by atoms with Gasteiger partial charge in [-0.25, -0.2) is 5.43 Å². The van der Waals surface area contributed by atoms with Crippen molar-refractivity contribution < 1.29 is 14.3 Å². The zero-order chi connectivity index (χ0) is 26.0. The fraction of sp³-hybridized carbons (Fsp3) is 0.241. The molecule has 0 radical (unpaired) electrons. The van der Waals surface area contributed by atoms with Crippen molar-refractivity contribution in [2.24, 2.45) is 5.10 Å². The lowest BCUT2D eigenvalue weighted by molar-refractivity contribution is 0.0955. The van der Waals surface area contributed by atoms with Gasteiger partial charge in [0, 0.05) is 44.0 Å². The van der Waals surface area contributed by atoms with E-state index in [-0.39, 0.29) is 5.91 Å². The highest BCUT2D eigenvalue weighted by atomic mass is 79.9. The van der Waals surface area contributed by atoms with Crippen LogP contribution in [0.15, 0.2) is 89.0 Å². The molecule has 0 unspecified atom stereocenters. The van der Waals surface area contributed by atoms with Gasteiger partial charge in [0.15, 0.2) is 11.5 Å². The number of methoxy groups -OCH3 is 1. The summed E-state index contributed by atoms with van der Waals surface area (Å²) in [4.78, 5) is 17.4. The van der Waals surface area contributed by atoms with Crippen molar-refractivity contribution in [3.8, 4) is 11.5 Å². The molecule has 1 fully saturated rings. The number of anilines is 1. The Bertz CT molecular complexity index is 1220. The fourth-order valence-corrected chi connectivity index (χ4v) is 4.72. The summed E-state index contributed by atoms with van der Waals surface area (Å²) in [5.41, 5.74) is 6.36. The Labute approximate surface area is 226 Å². The quantitative estimate of drug-likeness (QED) is 0.211. The molecule has 192 valence electrons. The second kappa shape index (κ2) is 13.1. The van der Waals surface area contributed by atoms with E-state index < -0.39 is 0 Å². The third-order valence-electron chi connectivity index (χ3n) is 6.09. The molecule has 1 heterocycles. The first-order chi connectivity index (χ1) is 18.1. The molecule has 1 amide bonds. The van der Waals surface area contributed by atoms with E-state index in [1.807, 2.05) is 36.4 Å². The van der Waals surface area contributed by atoms with Crippen molar-refractivity contribution in [3.05, 3.63) is 101 Å². The van der Waals surface area contributed by atoms with E-state index in [2.05, 4.69) is 67.1 Å². The molecule has 0 bridgehead atoms. The summed E-state index contributed by atoms with van der Waals surface area (Å²) < 4.78 is 11.8. The van der Waals surface area contributed by atoms with E-state index >= 15 is 0 Å². The molecule has 0 spiro atoms. The second-order valence-electron chi connectivity index (χ2n) is 8.63. The minimum Gasteiger partial charge on any atom is -0.493 e. The van der Waals surface area contributed by atoms with E-state index in [0.29, 0.717) is 23.7 Å². The van der Waals surface area contributed by atoms with Crippen molar-refractivity contribution in [3.63, 3.8) is 0 Å². The molecular formula is C29H31BrN4O3. The van der Waals surface area contributed by atoms with Crippen LogP contribution in [-0.2, 0) is 6.54 Å². The number of carbonyl (C=O) groups excluding carboxylic acids is 1. The number of rotatable bonds is 10. The smallest absolute Gasteiger partial charge is 0.271 e. The Hall–Kier alpha value is -3.62. The first-order valence-corrected chi connectivity index (χ1v) is 12.9. The number of halogens is 1. The second-order valence-corrected chi connectivity index (χ2v) is 9.48. The van der Waals surface area contributed by atoms with Crippen molar-refractivity contribution >= 4 is 33.7 Å². The molecule has 4 rings (SSSR count). The van der Waals surface area contributed by atoms with Gasteiger partial charge in [0.2, 0.25) is 0 Å². The summed E-state index contributed by atoms with van der Waals surface area (Å²) in [6, 6.07) is 21.9. The zero-order valence-corrected chi connectivity index (χ0v) is 22.5. The largest absolute Gasteiger partial charge is 0.493 e. The predicted molar refractivity (Wildman–Crippen MR) is 152 cm³/mol.